The normalized spacial score (nSPS) is 12.4. The zero-order chi connectivity index (χ0) is 21.4. The Morgan fingerprint density at radius 1 is 1.17 bits per heavy atom. The summed E-state index contributed by atoms with van der Waals surface area (Å²) in [5, 5.41) is 2.81. The fourth-order valence-electron chi connectivity index (χ4n) is 2.91. The molecule has 2 rings (SSSR count). The van der Waals surface area contributed by atoms with E-state index in [1.165, 1.54) is 22.1 Å². The van der Waals surface area contributed by atoms with Crippen LogP contribution in [0.25, 0.3) is 0 Å². The van der Waals surface area contributed by atoms with Crippen LogP contribution in [0.1, 0.15) is 24.5 Å². The van der Waals surface area contributed by atoms with Crippen molar-refractivity contribution in [2.45, 2.75) is 32.1 Å². The first-order valence-electron chi connectivity index (χ1n) is 9.39. The highest BCUT2D eigenvalue weighted by molar-refractivity contribution is 7.98. The number of sulfonamides is 1. The van der Waals surface area contributed by atoms with Crippen LogP contribution in [-0.4, -0.2) is 38.9 Å². The Bertz CT molecular complexity index is 918. The van der Waals surface area contributed by atoms with Crippen molar-refractivity contribution >= 4 is 33.4 Å². The van der Waals surface area contributed by atoms with Crippen LogP contribution in [0.3, 0.4) is 0 Å². The first-order valence-corrected chi connectivity index (χ1v) is 12.4. The van der Waals surface area contributed by atoms with Crippen LogP contribution in [0, 0.1) is 12.7 Å². The number of carbonyl (C=O) groups excluding carboxylic acids is 1. The van der Waals surface area contributed by atoms with Crippen LogP contribution in [0.5, 0.6) is 0 Å². The summed E-state index contributed by atoms with van der Waals surface area (Å²) in [7, 11) is -3.64. The third-order valence-electron chi connectivity index (χ3n) is 4.38. The second kappa shape index (κ2) is 10.6. The molecular weight excluding hydrogens is 411 g/mol. The van der Waals surface area contributed by atoms with Gasteiger partial charge in [0, 0.05) is 18.1 Å². The lowest BCUT2D eigenvalue weighted by atomic mass is 10.1. The summed E-state index contributed by atoms with van der Waals surface area (Å²) in [6.45, 7) is 4.07. The van der Waals surface area contributed by atoms with E-state index < -0.39 is 16.1 Å². The van der Waals surface area contributed by atoms with E-state index >= 15 is 0 Å². The summed E-state index contributed by atoms with van der Waals surface area (Å²) in [6, 6.07) is 12.8. The summed E-state index contributed by atoms with van der Waals surface area (Å²) in [5.74, 6) is 0.528. The maximum absolute atomic E-state index is 13.6. The van der Waals surface area contributed by atoms with E-state index in [1.54, 1.807) is 37.3 Å². The number of nitrogens with one attached hydrogen (secondary N) is 1. The van der Waals surface area contributed by atoms with Gasteiger partial charge in [-0.3, -0.25) is 9.10 Å². The smallest absolute Gasteiger partial charge is 0.243 e. The maximum atomic E-state index is 13.6. The first-order chi connectivity index (χ1) is 13.7. The minimum Gasteiger partial charge on any atom is -0.353 e. The summed E-state index contributed by atoms with van der Waals surface area (Å²) < 4.78 is 39.6. The fraction of sp³-hybridized carbons (Fsp3) is 0.381. The summed E-state index contributed by atoms with van der Waals surface area (Å²) in [5.41, 5.74) is 2.10. The molecule has 0 saturated heterocycles. The van der Waals surface area contributed by atoms with Gasteiger partial charge in [-0.2, -0.15) is 11.8 Å². The van der Waals surface area contributed by atoms with Crippen LogP contribution in [0.15, 0.2) is 48.5 Å². The third kappa shape index (κ3) is 6.75. The van der Waals surface area contributed by atoms with E-state index in [0.717, 1.165) is 11.8 Å². The molecule has 0 aliphatic carbocycles. The number of hydrogen-bond donors (Lipinski definition) is 1. The minimum atomic E-state index is -3.64. The van der Waals surface area contributed by atoms with Gasteiger partial charge in [-0.15, -0.1) is 0 Å². The van der Waals surface area contributed by atoms with Gasteiger partial charge < -0.3 is 5.32 Å². The SMILES string of the molecule is CC[C@H](C(=O)NCCSCc1ccccc1F)N(c1ccc(C)cc1)S(C)(=O)=O. The van der Waals surface area contributed by atoms with Gasteiger partial charge in [-0.25, -0.2) is 12.8 Å². The number of nitrogens with zero attached hydrogens (tertiary/aromatic N) is 1. The van der Waals surface area contributed by atoms with Gasteiger partial charge in [-0.05, 0) is 37.1 Å². The molecule has 1 atom stereocenters. The zero-order valence-electron chi connectivity index (χ0n) is 16.9. The molecule has 0 bridgehead atoms. The minimum absolute atomic E-state index is 0.239. The van der Waals surface area contributed by atoms with Crippen LogP contribution in [0.4, 0.5) is 10.1 Å². The molecule has 0 fully saturated rings. The molecule has 0 heterocycles. The fourth-order valence-corrected chi connectivity index (χ4v) is 4.97. The Morgan fingerprint density at radius 3 is 2.41 bits per heavy atom. The highest BCUT2D eigenvalue weighted by Crippen LogP contribution is 2.23. The molecule has 0 saturated carbocycles. The quantitative estimate of drug-likeness (QED) is 0.574. The average Bonchev–Trinajstić information content (AvgIpc) is 2.67. The largest absolute Gasteiger partial charge is 0.353 e. The number of halogens is 1. The molecule has 0 unspecified atom stereocenters. The van der Waals surface area contributed by atoms with Crippen molar-refractivity contribution in [1.82, 2.24) is 5.32 Å². The molecule has 29 heavy (non-hydrogen) atoms. The Morgan fingerprint density at radius 2 is 1.83 bits per heavy atom. The lowest BCUT2D eigenvalue weighted by Gasteiger charge is -2.30. The van der Waals surface area contributed by atoms with Crippen LogP contribution in [-0.2, 0) is 20.6 Å². The van der Waals surface area contributed by atoms with Crippen molar-refractivity contribution in [3.63, 3.8) is 0 Å². The van der Waals surface area contributed by atoms with E-state index in [1.807, 2.05) is 19.1 Å². The van der Waals surface area contributed by atoms with E-state index in [-0.39, 0.29) is 11.7 Å². The van der Waals surface area contributed by atoms with E-state index in [9.17, 15) is 17.6 Å². The Hall–Kier alpha value is -2.06. The van der Waals surface area contributed by atoms with Crippen molar-refractivity contribution < 1.29 is 17.6 Å². The van der Waals surface area contributed by atoms with E-state index in [0.29, 0.717) is 35.7 Å². The molecule has 0 aromatic heterocycles. The average molecular weight is 439 g/mol. The molecule has 0 radical (unpaired) electrons. The van der Waals surface area contributed by atoms with Gasteiger partial charge in [0.05, 0.1) is 11.9 Å². The molecule has 0 aliphatic heterocycles. The highest BCUT2D eigenvalue weighted by Gasteiger charge is 2.31. The number of anilines is 1. The van der Waals surface area contributed by atoms with Crippen molar-refractivity contribution in [3.8, 4) is 0 Å². The molecule has 1 N–H and O–H groups in total. The molecule has 5 nitrogen and oxygen atoms in total. The van der Waals surface area contributed by atoms with Gasteiger partial charge in [0.1, 0.15) is 11.9 Å². The van der Waals surface area contributed by atoms with Gasteiger partial charge in [-0.1, -0.05) is 42.8 Å². The predicted molar refractivity (Wildman–Crippen MR) is 118 cm³/mol. The second-order valence-corrected chi connectivity index (χ2v) is 9.72. The number of amides is 1. The number of aryl methyl sites for hydroxylation is 1. The zero-order valence-corrected chi connectivity index (χ0v) is 18.5. The Balaban J connectivity index is 1.97. The molecule has 158 valence electrons. The standard InChI is InChI=1S/C21H27FN2O3S2/c1-4-20(24(29(3,26)27)18-11-9-16(2)10-12-18)21(25)23-13-14-28-15-17-7-5-6-8-19(17)22/h5-12,20H,4,13-15H2,1-3H3,(H,23,25)/t20-/m1/s1. The summed E-state index contributed by atoms with van der Waals surface area (Å²) in [6.07, 6.45) is 1.45. The van der Waals surface area contributed by atoms with Crippen molar-refractivity contribution in [1.29, 1.82) is 0 Å². The lowest BCUT2D eigenvalue weighted by Crippen LogP contribution is -2.49. The van der Waals surface area contributed by atoms with Crippen LogP contribution < -0.4 is 9.62 Å². The highest BCUT2D eigenvalue weighted by atomic mass is 32.2. The molecular formula is C21H27FN2O3S2. The number of carbonyl (C=O) groups is 1. The third-order valence-corrected chi connectivity index (χ3v) is 6.57. The molecule has 0 aliphatic rings. The van der Waals surface area contributed by atoms with Crippen molar-refractivity contribution in [2.24, 2.45) is 0 Å². The molecule has 8 heteroatoms. The van der Waals surface area contributed by atoms with Crippen LogP contribution in [0.2, 0.25) is 0 Å². The molecule has 2 aromatic rings. The van der Waals surface area contributed by atoms with Gasteiger partial charge in [0.25, 0.3) is 0 Å². The van der Waals surface area contributed by atoms with Gasteiger partial charge in [0.2, 0.25) is 15.9 Å². The Kier molecular flexibility index (Phi) is 8.52. The number of thioether (sulfide) groups is 1. The van der Waals surface area contributed by atoms with Crippen molar-refractivity contribution in [3.05, 3.63) is 65.5 Å². The predicted octanol–water partition coefficient (Wildman–Crippen LogP) is 3.73. The lowest BCUT2D eigenvalue weighted by molar-refractivity contribution is -0.122. The number of benzene rings is 2. The monoisotopic (exact) mass is 438 g/mol. The van der Waals surface area contributed by atoms with E-state index in [4.69, 9.17) is 0 Å². The maximum Gasteiger partial charge on any atom is 0.243 e. The number of hydrogen-bond acceptors (Lipinski definition) is 4. The van der Waals surface area contributed by atoms with Crippen molar-refractivity contribution in [2.75, 3.05) is 22.9 Å². The molecule has 0 spiro atoms. The first kappa shape index (κ1) is 23.2. The van der Waals surface area contributed by atoms with Crippen LogP contribution >= 0.6 is 11.8 Å². The topological polar surface area (TPSA) is 66.5 Å². The summed E-state index contributed by atoms with van der Waals surface area (Å²) >= 11 is 1.51. The van der Waals surface area contributed by atoms with Gasteiger partial charge in [0.15, 0.2) is 0 Å². The van der Waals surface area contributed by atoms with E-state index in [2.05, 4.69) is 5.32 Å². The molecule has 1 amide bonds. The second-order valence-electron chi connectivity index (χ2n) is 6.75. The summed E-state index contributed by atoms with van der Waals surface area (Å²) in [4.78, 5) is 12.7. The Labute approximate surface area is 176 Å². The number of rotatable bonds is 10. The van der Waals surface area contributed by atoms with Gasteiger partial charge >= 0.3 is 0 Å². The molecule has 2 aromatic carbocycles.